The van der Waals surface area contributed by atoms with E-state index in [0.717, 1.165) is 4.90 Å². The van der Waals surface area contributed by atoms with Crippen LogP contribution in [-0.4, -0.2) is 70.9 Å². The average Bonchev–Trinajstić information content (AvgIpc) is 3.00. The van der Waals surface area contributed by atoms with Gasteiger partial charge in [-0.15, -0.1) is 0 Å². The number of hydrogen-bond donors (Lipinski definition) is 2. The van der Waals surface area contributed by atoms with Gasteiger partial charge in [0.2, 0.25) is 5.91 Å². The van der Waals surface area contributed by atoms with Gasteiger partial charge in [0, 0.05) is 30.5 Å². The molecule has 4 rings (SSSR count). The first-order valence-electron chi connectivity index (χ1n) is 14.7. The van der Waals surface area contributed by atoms with E-state index in [2.05, 4.69) is 15.3 Å². The van der Waals surface area contributed by atoms with Crippen LogP contribution in [0, 0.1) is 11.7 Å². The number of alkyl halides is 3. The minimum Gasteiger partial charge on any atom is -0.493 e. The van der Waals surface area contributed by atoms with Crippen LogP contribution in [0.1, 0.15) is 46.5 Å². The van der Waals surface area contributed by atoms with Crippen molar-refractivity contribution < 1.29 is 46.2 Å². The van der Waals surface area contributed by atoms with E-state index in [1.54, 1.807) is 44.3 Å². The fourth-order valence-corrected chi connectivity index (χ4v) is 5.14. The Morgan fingerprint density at radius 1 is 1.04 bits per heavy atom. The van der Waals surface area contributed by atoms with Crippen molar-refractivity contribution in [2.75, 3.05) is 25.5 Å². The van der Waals surface area contributed by atoms with Crippen LogP contribution in [0.15, 0.2) is 36.7 Å². The van der Waals surface area contributed by atoms with Crippen molar-refractivity contribution in [2.45, 2.75) is 64.3 Å². The number of rotatable bonds is 9. The highest BCUT2D eigenvalue weighted by molar-refractivity contribution is 6.31. The Morgan fingerprint density at radius 2 is 1.74 bits per heavy atom. The lowest BCUT2D eigenvalue weighted by Gasteiger charge is -2.32. The Morgan fingerprint density at radius 3 is 2.38 bits per heavy atom. The lowest BCUT2D eigenvalue weighted by molar-refractivity contribution is -0.173. The van der Waals surface area contributed by atoms with E-state index >= 15 is 0 Å². The van der Waals surface area contributed by atoms with E-state index in [-0.39, 0.29) is 16.8 Å². The Bertz CT molecular complexity index is 1630. The summed E-state index contributed by atoms with van der Waals surface area (Å²) in [4.78, 5) is 46.8. The summed E-state index contributed by atoms with van der Waals surface area (Å²) >= 11 is 5.92. The summed E-state index contributed by atoms with van der Waals surface area (Å²) in [5.74, 6) is -3.05. The maximum absolute atomic E-state index is 14.6. The van der Waals surface area contributed by atoms with Crippen LogP contribution >= 0.6 is 11.6 Å². The number of anilines is 2. The molecule has 16 heteroatoms. The summed E-state index contributed by atoms with van der Waals surface area (Å²) < 4.78 is 69.6. The van der Waals surface area contributed by atoms with Crippen LogP contribution in [0.5, 0.6) is 11.5 Å². The summed E-state index contributed by atoms with van der Waals surface area (Å²) in [7, 11) is 1.47. The number of aromatic nitrogens is 2. The zero-order valence-electron chi connectivity index (χ0n) is 26.0. The van der Waals surface area contributed by atoms with Gasteiger partial charge in [-0.25, -0.2) is 24.1 Å². The summed E-state index contributed by atoms with van der Waals surface area (Å²) in [6.45, 7) is 3.65. The molecule has 1 aliphatic carbocycles. The number of methoxy groups -OCH3 is 1. The number of ether oxygens (including phenoxy) is 3. The summed E-state index contributed by atoms with van der Waals surface area (Å²) in [6.07, 6.45) is -3.77. The van der Waals surface area contributed by atoms with Gasteiger partial charge in [0.1, 0.15) is 17.7 Å². The molecule has 1 fully saturated rings. The Labute approximate surface area is 272 Å². The maximum Gasteiger partial charge on any atom is 0.471 e. The highest BCUT2D eigenvalue weighted by Crippen LogP contribution is 2.38. The van der Waals surface area contributed by atoms with Crippen molar-refractivity contribution in [1.82, 2.24) is 20.2 Å². The lowest BCUT2D eigenvalue weighted by atomic mass is 9.86. The summed E-state index contributed by atoms with van der Waals surface area (Å²) in [5, 5.41) is 5.06. The number of carbonyl (C=O) groups excluding carboxylic acids is 3. The van der Waals surface area contributed by atoms with E-state index < -0.39 is 54.5 Å². The summed E-state index contributed by atoms with van der Waals surface area (Å²) in [6, 6.07) is 7.84. The third-order valence-corrected chi connectivity index (χ3v) is 7.49. The first-order chi connectivity index (χ1) is 22.1. The van der Waals surface area contributed by atoms with Crippen molar-refractivity contribution in [1.29, 1.82) is 0 Å². The quantitative estimate of drug-likeness (QED) is 0.241. The van der Waals surface area contributed by atoms with Gasteiger partial charge >= 0.3 is 18.2 Å². The molecule has 2 aromatic carbocycles. The first kappa shape index (κ1) is 35.5. The van der Waals surface area contributed by atoms with E-state index in [4.69, 9.17) is 25.8 Å². The first-order valence-corrected chi connectivity index (χ1v) is 15.0. The third kappa shape index (κ3) is 9.11. The van der Waals surface area contributed by atoms with Crippen LogP contribution in [0.3, 0.4) is 0 Å². The molecule has 2 N–H and O–H groups in total. The number of hydrogen-bond acceptors (Lipinski definition) is 9. The van der Waals surface area contributed by atoms with Crippen LogP contribution in [0.4, 0.5) is 33.9 Å². The lowest BCUT2D eigenvalue weighted by Crippen LogP contribution is -2.49. The van der Waals surface area contributed by atoms with E-state index in [0.29, 0.717) is 53.9 Å². The van der Waals surface area contributed by atoms with Crippen molar-refractivity contribution >= 4 is 51.9 Å². The van der Waals surface area contributed by atoms with Gasteiger partial charge in [-0.1, -0.05) is 17.7 Å². The van der Waals surface area contributed by atoms with Crippen LogP contribution < -0.4 is 20.1 Å². The van der Waals surface area contributed by atoms with Gasteiger partial charge in [-0.3, -0.25) is 9.59 Å². The number of amides is 3. The largest absolute Gasteiger partial charge is 0.493 e. The van der Waals surface area contributed by atoms with Crippen molar-refractivity contribution in [3.8, 4) is 11.5 Å². The molecule has 0 saturated heterocycles. The van der Waals surface area contributed by atoms with Crippen LogP contribution in [0.2, 0.25) is 5.02 Å². The molecular formula is C31H34ClF4N5O6. The third-order valence-electron chi connectivity index (χ3n) is 7.20. The zero-order valence-corrected chi connectivity index (χ0v) is 26.8. The number of nitrogens with one attached hydrogen (secondary N) is 2. The normalized spacial score (nSPS) is 16.7. The van der Waals surface area contributed by atoms with Crippen LogP contribution in [-0.2, 0) is 14.3 Å². The number of fused-ring (bicyclic) bond motifs is 1. The molecule has 0 bridgehead atoms. The van der Waals surface area contributed by atoms with Gasteiger partial charge in [0.05, 0.1) is 29.4 Å². The number of imide groups is 1. The van der Waals surface area contributed by atoms with Crippen molar-refractivity contribution in [2.24, 2.45) is 5.92 Å². The van der Waals surface area contributed by atoms with E-state index in [1.807, 2.05) is 0 Å². The predicted octanol–water partition coefficient (Wildman–Crippen LogP) is 6.55. The molecule has 1 heterocycles. The molecule has 0 aliphatic heterocycles. The number of benzene rings is 2. The molecule has 11 nitrogen and oxygen atoms in total. The molecule has 1 aliphatic rings. The van der Waals surface area contributed by atoms with Gasteiger partial charge in [-0.2, -0.15) is 13.2 Å². The zero-order chi connectivity index (χ0) is 34.5. The van der Waals surface area contributed by atoms with Gasteiger partial charge < -0.3 is 24.8 Å². The Hall–Kier alpha value is -4.40. The van der Waals surface area contributed by atoms with E-state index in [9.17, 15) is 31.9 Å². The maximum atomic E-state index is 14.6. The number of nitrogens with zero attached hydrogens (tertiary/aromatic N) is 3. The standard InChI is InChI=1S/C31H34ClF4N5O6/c1-30(2,3)47-29(44)41(13-12-37-28(43)31(34,35)36)27(42)17-8-10-18(11-9-17)46-24-14-19-22(15-23(24)45-4)38-16-39-26(19)40-21-7-5-6-20(32)25(21)33/h5-7,14-18H,8-13H2,1-4H3,(H,37,43)(H,38,39,40). The molecule has 1 saturated carbocycles. The van der Waals surface area contributed by atoms with Crippen LogP contribution in [0.25, 0.3) is 10.9 Å². The highest BCUT2D eigenvalue weighted by Gasteiger charge is 2.39. The van der Waals surface area contributed by atoms with Gasteiger partial charge in [0.25, 0.3) is 0 Å². The molecule has 3 aromatic rings. The molecule has 3 amide bonds. The SMILES string of the molecule is COc1cc2ncnc(Nc3cccc(Cl)c3F)c2cc1OC1CCC(C(=O)N(CCNC(=O)C(F)(F)F)C(=O)OC(C)(C)C)CC1. The molecule has 0 radical (unpaired) electrons. The average molecular weight is 684 g/mol. The summed E-state index contributed by atoms with van der Waals surface area (Å²) in [5.41, 5.74) is -0.364. The Kier molecular flexibility index (Phi) is 11.0. The van der Waals surface area contributed by atoms with E-state index in [1.165, 1.54) is 25.6 Å². The fourth-order valence-electron chi connectivity index (χ4n) is 4.96. The number of halogens is 5. The second-order valence-corrected chi connectivity index (χ2v) is 12.2. The Balaban J connectivity index is 1.46. The predicted molar refractivity (Wildman–Crippen MR) is 164 cm³/mol. The molecular weight excluding hydrogens is 650 g/mol. The smallest absolute Gasteiger partial charge is 0.471 e. The fraction of sp³-hybridized carbons (Fsp3) is 0.452. The topological polar surface area (TPSA) is 132 Å². The second-order valence-electron chi connectivity index (χ2n) is 11.8. The molecule has 0 unspecified atom stereocenters. The second kappa shape index (κ2) is 14.6. The highest BCUT2D eigenvalue weighted by atomic mass is 35.5. The van der Waals surface area contributed by atoms with Crippen molar-refractivity contribution in [3.05, 3.63) is 47.5 Å². The molecule has 0 spiro atoms. The monoisotopic (exact) mass is 683 g/mol. The van der Waals surface area contributed by atoms with Crippen molar-refractivity contribution in [3.63, 3.8) is 0 Å². The minimum atomic E-state index is -5.11. The minimum absolute atomic E-state index is 0.0597. The number of carbonyl (C=O) groups is 3. The van der Waals surface area contributed by atoms with Gasteiger partial charge in [0.15, 0.2) is 17.3 Å². The molecule has 1 aromatic heterocycles. The van der Waals surface area contributed by atoms with Gasteiger partial charge in [-0.05, 0) is 64.7 Å². The molecule has 254 valence electrons. The molecule has 0 atom stereocenters. The molecule has 47 heavy (non-hydrogen) atoms.